The number of primary sulfonamides is 1. The highest BCUT2D eigenvalue weighted by molar-refractivity contribution is 7.89. The average Bonchev–Trinajstić information content (AvgIpc) is 2.01. The van der Waals surface area contributed by atoms with Gasteiger partial charge >= 0.3 is 6.18 Å². The van der Waals surface area contributed by atoms with Crippen LogP contribution in [0.2, 0.25) is 0 Å². The molecule has 0 aliphatic carbocycles. The van der Waals surface area contributed by atoms with E-state index in [0.717, 1.165) is 12.1 Å². The molecule has 0 bridgehead atoms. The zero-order valence-electron chi connectivity index (χ0n) is 6.75. The molecule has 0 saturated heterocycles. The summed E-state index contributed by atoms with van der Waals surface area (Å²) in [6.07, 6.45) is -4.72. The summed E-state index contributed by atoms with van der Waals surface area (Å²) >= 11 is 0. The molecule has 1 aromatic rings. The van der Waals surface area contributed by atoms with E-state index in [1.807, 2.05) is 0 Å². The molecule has 0 aromatic heterocycles. The van der Waals surface area contributed by atoms with Crippen molar-refractivity contribution in [2.24, 2.45) is 5.14 Å². The van der Waals surface area contributed by atoms with Gasteiger partial charge in [0.25, 0.3) is 0 Å². The second kappa shape index (κ2) is 3.25. The Kier molecular flexibility index (Phi) is 2.55. The first-order valence-electron chi connectivity index (χ1n) is 3.42. The van der Waals surface area contributed by atoms with Crippen molar-refractivity contribution < 1.29 is 21.6 Å². The molecule has 1 rings (SSSR count). The lowest BCUT2D eigenvalue weighted by Gasteiger charge is -2.10. The Labute approximate surface area is 78.4 Å². The van der Waals surface area contributed by atoms with Crippen LogP contribution in [0.1, 0.15) is 5.56 Å². The normalized spacial score (nSPS) is 12.9. The Morgan fingerprint density at radius 1 is 1.14 bits per heavy atom. The lowest BCUT2D eigenvalue weighted by Crippen LogP contribution is -2.18. The van der Waals surface area contributed by atoms with Crippen LogP contribution in [0, 0.1) is 0 Å². The van der Waals surface area contributed by atoms with Gasteiger partial charge in [-0.05, 0) is 12.1 Å². The minimum absolute atomic E-state index is 0.666. The molecule has 0 aliphatic rings. The van der Waals surface area contributed by atoms with Gasteiger partial charge in [0.1, 0.15) is 0 Å². The van der Waals surface area contributed by atoms with Crippen molar-refractivity contribution in [1.82, 2.24) is 0 Å². The highest BCUT2D eigenvalue weighted by atomic mass is 32.2. The van der Waals surface area contributed by atoms with E-state index < -0.39 is 26.7 Å². The fraction of sp³-hybridized carbons (Fsp3) is 0.143. The fourth-order valence-corrected chi connectivity index (χ4v) is 1.71. The van der Waals surface area contributed by atoms with E-state index in [0.29, 0.717) is 6.07 Å². The van der Waals surface area contributed by atoms with Gasteiger partial charge in [-0.25, -0.2) is 13.6 Å². The number of hydrogen-bond acceptors (Lipinski definition) is 2. The van der Waals surface area contributed by atoms with Crippen molar-refractivity contribution in [2.45, 2.75) is 11.1 Å². The molecule has 78 valence electrons. The molecule has 0 amide bonds. The third-order valence-electron chi connectivity index (χ3n) is 1.50. The molecule has 0 unspecified atom stereocenters. The number of alkyl halides is 3. The minimum Gasteiger partial charge on any atom is -0.225 e. The predicted molar refractivity (Wildman–Crippen MR) is 42.8 cm³/mol. The maximum atomic E-state index is 12.3. The Hall–Kier alpha value is -1.08. The van der Waals surface area contributed by atoms with Crippen LogP contribution < -0.4 is 5.14 Å². The summed E-state index contributed by atoms with van der Waals surface area (Å²) in [5.41, 5.74) is -1.25. The van der Waals surface area contributed by atoms with E-state index >= 15 is 0 Å². The van der Waals surface area contributed by atoms with Crippen molar-refractivity contribution >= 4 is 10.0 Å². The standard InChI is InChI=1S/C7H6F3NO2S/c8-7(9,10)5-3-1-2-4-6(5)14(11,12)13/h1-4H,(H2,11,12,13). The van der Waals surface area contributed by atoms with Gasteiger partial charge in [0.2, 0.25) is 10.0 Å². The molecule has 0 radical (unpaired) electrons. The van der Waals surface area contributed by atoms with Crippen molar-refractivity contribution in [3.05, 3.63) is 29.8 Å². The van der Waals surface area contributed by atoms with E-state index in [4.69, 9.17) is 0 Å². The van der Waals surface area contributed by atoms with Crippen molar-refractivity contribution in [1.29, 1.82) is 0 Å². The van der Waals surface area contributed by atoms with Crippen molar-refractivity contribution in [3.63, 3.8) is 0 Å². The summed E-state index contributed by atoms with van der Waals surface area (Å²) in [5, 5.41) is 4.63. The molecular formula is C7H6F3NO2S. The van der Waals surface area contributed by atoms with Gasteiger partial charge < -0.3 is 0 Å². The lowest BCUT2D eigenvalue weighted by atomic mass is 10.2. The molecule has 0 saturated carbocycles. The molecule has 14 heavy (non-hydrogen) atoms. The van der Waals surface area contributed by atoms with Crippen molar-refractivity contribution in [3.8, 4) is 0 Å². The Balaban J connectivity index is 3.47. The molecule has 2 N–H and O–H groups in total. The van der Waals surface area contributed by atoms with Gasteiger partial charge in [0.15, 0.2) is 0 Å². The first kappa shape index (κ1) is 11.0. The molecule has 1 aromatic carbocycles. The van der Waals surface area contributed by atoms with E-state index in [9.17, 15) is 21.6 Å². The van der Waals surface area contributed by atoms with Crippen molar-refractivity contribution in [2.75, 3.05) is 0 Å². The molecule has 0 fully saturated rings. The van der Waals surface area contributed by atoms with Gasteiger partial charge in [0, 0.05) is 0 Å². The maximum Gasteiger partial charge on any atom is 0.417 e. The number of benzene rings is 1. The summed E-state index contributed by atoms with van der Waals surface area (Å²) in [6, 6.07) is 3.75. The molecule has 0 atom stereocenters. The quantitative estimate of drug-likeness (QED) is 0.784. The highest BCUT2D eigenvalue weighted by Gasteiger charge is 2.35. The van der Waals surface area contributed by atoms with Gasteiger partial charge in [-0.3, -0.25) is 0 Å². The molecule has 0 heterocycles. The molecular weight excluding hydrogens is 219 g/mol. The van der Waals surface area contributed by atoms with E-state index in [2.05, 4.69) is 5.14 Å². The van der Waals surface area contributed by atoms with E-state index in [-0.39, 0.29) is 0 Å². The van der Waals surface area contributed by atoms with Crippen LogP contribution in [0.4, 0.5) is 13.2 Å². The van der Waals surface area contributed by atoms with Crippen LogP contribution in [0.5, 0.6) is 0 Å². The van der Waals surface area contributed by atoms with Gasteiger partial charge in [-0.1, -0.05) is 12.1 Å². The number of sulfonamides is 1. The highest BCUT2D eigenvalue weighted by Crippen LogP contribution is 2.33. The lowest BCUT2D eigenvalue weighted by molar-refractivity contribution is -0.139. The van der Waals surface area contributed by atoms with E-state index in [1.54, 1.807) is 0 Å². The SMILES string of the molecule is NS(=O)(=O)c1ccccc1C(F)(F)F. The van der Waals surface area contributed by atoms with Crippen LogP contribution in [-0.4, -0.2) is 8.42 Å². The minimum atomic E-state index is -4.72. The molecule has 7 heteroatoms. The van der Waals surface area contributed by atoms with Crippen LogP contribution in [0.15, 0.2) is 29.2 Å². The summed E-state index contributed by atoms with van der Waals surface area (Å²) in [4.78, 5) is -0.910. The third-order valence-corrected chi connectivity index (χ3v) is 2.47. The van der Waals surface area contributed by atoms with Crippen LogP contribution >= 0.6 is 0 Å². The monoisotopic (exact) mass is 225 g/mol. The Morgan fingerprint density at radius 2 is 1.64 bits per heavy atom. The summed E-state index contributed by atoms with van der Waals surface area (Å²) < 4.78 is 58.3. The zero-order valence-corrected chi connectivity index (χ0v) is 7.56. The van der Waals surface area contributed by atoms with E-state index in [1.165, 1.54) is 6.07 Å². The molecule has 3 nitrogen and oxygen atoms in total. The third kappa shape index (κ3) is 2.24. The number of halogens is 3. The van der Waals surface area contributed by atoms with Crippen LogP contribution in [0.25, 0.3) is 0 Å². The smallest absolute Gasteiger partial charge is 0.225 e. The summed E-state index contributed by atoms with van der Waals surface area (Å²) in [7, 11) is -4.34. The second-order valence-electron chi connectivity index (χ2n) is 2.54. The largest absolute Gasteiger partial charge is 0.417 e. The topological polar surface area (TPSA) is 60.2 Å². The van der Waals surface area contributed by atoms with Gasteiger partial charge in [-0.2, -0.15) is 13.2 Å². The number of hydrogen-bond donors (Lipinski definition) is 1. The number of rotatable bonds is 1. The first-order chi connectivity index (χ1) is 6.23. The van der Waals surface area contributed by atoms with Crippen LogP contribution in [0.3, 0.4) is 0 Å². The fourth-order valence-electron chi connectivity index (χ4n) is 0.949. The van der Waals surface area contributed by atoms with Gasteiger partial charge in [0.05, 0.1) is 10.5 Å². The van der Waals surface area contributed by atoms with Crippen LogP contribution in [-0.2, 0) is 16.2 Å². The molecule has 0 aliphatic heterocycles. The average molecular weight is 225 g/mol. The molecule has 0 spiro atoms. The van der Waals surface area contributed by atoms with Gasteiger partial charge in [-0.15, -0.1) is 0 Å². The number of nitrogens with two attached hydrogens (primary N) is 1. The predicted octanol–water partition coefficient (Wildman–Crippen LogP) is 1.35. The Morgan fingerprint density at radius 3 is 2.00 bits per heavy atom. The summed E-state index contributed by atoms with van der Waals surface area (Å²) in [6.45, 7) is 0. The summed E-state index contributed by atoms with van der Waals surface area (Å²) in [5.74, 6) is 0. The Bertz CT molecular complexity index is 438. The maximum absolute atomic E-state index is 12.3. The second-order valence-corrected chi connectivity index (χ2v) is 4.07. The zero-order chi connectivity index (χ0) is 11.0. The first-order valence-corrected chi connectivity index (χ1v) is 4.96.